The van der Waals surface area contributed by atoms with E-state index >= 15 is 0 Å². The molecule has 0 aliphatic heterocycles. The number of ether oxygens (including phenoxy) is 1. The highest BCUT2D eigenvalue weighted by atomic mass is 19.1. The Hall–Kier alpha value is -2.01. The van der Waals surface area contributed by atoms with Crippen molar-refractivity contribution in [2.24, 2.45) is 5.73 Å². The van der Waals surface area contributed by atoms with E-state index in [-0.39, 0.29) is 11.9 Å². The van der Waals surface area contributed by atoms with Gasteiger partial charge in [-0.3, -0.25) is 0 Å². The summed E-state index contributed by atoms with van der Waals surface area (Å²) in [6.07, 6.45) is -0.0658. The van der Waals surface area contributed by atoms with Gasteiger partial charge in [-0.25, -0.2) is 4.39 Å². The van der Waals surface area contributed by atoms with E-state index < -0.39 is 5.82 Å². The fourth-order valence-electron chi connectivity index (χ4n) is 1.63. The van der Waals surface area contributed by atoms with Gasteiger partial charge in [-0.1, -0.05) is 0 Å². The third-order valence-electron chi connectivity index (χ3n) is 2.52. The topological polar surface area (TPSA) is 61.0 Å². The van der Waals surface area contributed by atoms with Gasteiger partial charge in [0, 0.05) is 12.1 Å². The smallest absolute Gasteiger partial charge is 0.165 e. The zero-order valence-electron chi connectivity index (χ0n) is 10.9. The monoisotopic (exact) mass is 261 g/mol. The Labute approximate surface area is 111 Å². The van der Waals surface area contributed by atoms with Gasteiger partial charge in [0.1, 0.15) is 0 Å². The average molecular weight is 261 g/mol. The van der Waals surface area contributed by atoms with Gasteiger partial charge < -0.3 is 10.5 Å². The lowest BCUT2D eigenvalue weighted by Crippen LogP contribution is -2.07. The summed E-state index contributed by atoms with van der Waals surface area (Å²) in [6, 6.07) is 8.30. The van der Waals surface area contributed by atoms with Crippen molar-refractivity contribution in [2.75, 3.05) is 0 Å². The van der Waals surface area contributed by atoms with Crippen LogP contribution < -0.4 is 10.5 Å². The molecule has 5 heteroatoms. The number of aromatic nitrogens is 2. The van der Waals surface area contributed by atoms with E-state index in [1.807, 2.05) is 13.8 Å². The molecule has 0 amide bonds. The van der Waals surface area contributed by atoms with Gasteiger partial charge in [0.05, 0.1) is 17.5 Å². The highest BCUT2D eigenvalue weighted by molar-refractivity contribution is 5.59. The van der Waals surface area contributed by atoms with Crippen LogP contribution in [-0.2, 0) is 6.54 Å². The van der Waals surface area contributed by atoms with Crippen LogP contribution in [0.3, 0.4) is 0 Å². The summed E-state index contributed by atoms with van der Waals surface area (Å²) < 4.78 is 19.2. The molecule has 2 rings (SSSR count). The van der Waals surface area contributed by atoms with E-state index in [0.717, 1.165) is 0 Å². The maximum Gasteiger partial charge on any atom is 0.165 e. The van der Waals surface area contributed by atoms with E-state index in [1.165, 1.54) is 6.07 Å². The largest absolute Gasteiger partial charge is 0.488 e. The van der Waals surface area contributed by atoms with Gasteiger partial charge in [-0.15, -0.1) is 0 Å². The molecule has 0 aliphatic rings. The van der Waals surface area contributed by atoms with Crippen molar-refractivity contribution in [1.29, 1.82) is 0 Å². The summed E-state index contributed by atoms with van der Waals surface area (Å²) in [4.78, 5) is 0. The van der Waals surface area contributed by atoms with Gasteiger partial charge >= 0.3 is 0 Å². The van der Waals surface area contributed by atoms with Crippen LogP contribution in [0.4, 0.5) is 4.39 Å². The number of halogens is 1. The third kappa shape index (κ3) is 3.26. The SMILES string of the molecule is CC(C)Oc1ccc(-c2ccc(CN)nn2)cc1F. The Balaban J connectivity index is 2.27. The lowest BCUT2D eigenvalue weighted by Gasteiger charge is -2.11. The number of rotatable bonds is 4. The van der Waals surface area contributed by atoms with Crippen LogP contribution in [0.1, 0.15) is 19.5 Å². The molecule has 2 aromatic rings. The lowest BCUT2D eigenvalue weighted by molar-refractivity contribution is 0.231. The van der Waals surface area contributed by atoms with Crippen LogP contribution in [0.5, 0.6) is 5.75 Å². The van der Waals surface area contributed by atoms with Crippen LogP contribution in [-0.4, -0.2) is 16.3 Å². The molecule has 0 saturated carbocycles. The molecule has 1 heterocycles. The Morgan fingerprint density at radius 2 is 2.00 bits per heavy atom. The molecule has 1 aromatic heterocycles. The molecular weight excluding hydrogens is 245 g/mol. The highest BCUT2D eigenvalue weighted by Gasteiger charge is 2.08. The van der Waals surface area contributed by atoms with Crippen LogP contribution >= 0.6 is 0 Å². The molecule has 0 radical (unpaired) electrons. The number of benzene rings is 1. The molecule has 2 N–H and O–H groups in total. The normalized spacial score (nSPS) is 10.8. The maximum atomic E-state index is 13.8. The second-order valence-corrected chi connectivity index (χ2v) is 4.43. The predicted molar refractivity (Wildman–Crippen MR) is 71.1 cm³/mol. The first-order valence-electron chi connectivity index (χ1n) is 6.09. The van der Waals surface area contributed by atoms with E-state index in [0.29, 0.717) is 23.5 Å². The van der Waals surface area contributed by atoms with Crippen molar-refractivity contribution in [3.05, 3.63) is 41.8 Å². The number of nitrogens with two attached hydrogens (primary N) is 1. The first-order valence-corrected chi connectivity index (χ1v) is 6.09. The fourth-order valence-corrected chi connectivity index (χ4v) is 1.63. The molecule has 0 unspecified atom stereocenters. The zero-order chi connectivity index (χ0) is 13.8. The van der Waals surface area contributed by atoms with Gasteiger partial charge in [0.15, 0.2) is 11.6 Å². The molecular formula is C14H16FN3O. The summed E-state index contributed by atoms with van der Waals surface area (Å²) in [5, 5.41) is 7.96. The number of hydrogen-bond donors (Lipinski definition) is 1. The Morgan fingerprint density at radius 3 is 2.53 bits per heavy atom. The van der Waals surface area contributed by atoms with Crippen molar-refractivity contribution in [1.82, 2.24) is 10.2 Å². The number of hydrogen-bond acceptors (Lipinski definition) is 4. The Morgan fingerprint density at radius 1 is 1.21 bits per heavy atom. The molecule has 0 bridgehead atoms. The van der Waals surface area contributed by atoms with Gasteiger partial charge in [-0.2, -0.15) is 10.2 Å². The maximum absolute atomic E-state index is 13.8. The molecule has 100 valence electrons. The van der Waals surface area contributed by atoms with Crippen LogP contribution in [0.2, 0.25) is 0 Å². The minimum absolute atomic E-state index is 0.0658. The summed E-state index contributed by atoms with van der Waals surface area (Å²) in [5.74, 6) is -0.166. The van der Waals surface area contributed by atoms with Crippen LogP contribution in [0.25, 0.3) is 11.3 Å². The fraction of sp³-hybridized carbons (Fsp3) is 0.286. The molecule has 0 saturated heterocycles. The molecule has 0 fully saturated rings. The van der Waals surface area contributed by atoms with Gasteiger partial charge in [-0.05, 0) is 44.2 Å². The molecule has 4 nitrogen and oxygen atoms in total. The van der Waals surface area contributed by atoms with Crippen LogP contribution in [0, 0.1) is 5.82 Å². The predicted octanol–water partition coefficient (Wildman–Crippen LogP) is 2.53. The minimum Gasteiger partial charge on any atom is -0.488 e. The zero-order valence-corrected chi connectivity index (χ0v) is 10.9. The summed E-state index contributed by atoms with van der Waals surface area (Å²) in [7, 11) is 0. The molecule has 0 aliphatic carbocycles. The Kier molecular flexibility index (Phi) is 4.06. The third-order valence-corrected chi connectivity index (χ3v) is 2.52. The van der Waals surface area contributed by atoms with Gasteiger partial charge in [0.2, 0.25) is 0 Å². The van der Waals surface area contributed by atoms with Crippen molar-refractivity contribution in [2.45, 2.75) is 26.5 Å². The van der Waals surface area contributed by atoms with E-state index in [2.05, 4.69) is 10.2 Å². The minimum atomic E-state index is -0.407. The Bertz CT molecular complexity index is 555. The van der Waals surface area contributed by atoms with Gasteiger partial charge in [0.25, 0.3) is 0 Å². The summed E-state index contributed by atoms with van der Waals surface area (Å²) >= 11 is 0. The second kappa shape index (κ2) is 5.75. The molecule has 1 aromatic carbocycles. The van der Waals surface area contributed by atoms with E-state index in [4.69, 9.17) is 10.5 Å². The summed E-state index contributed by atoms with van der Waals surface area (Å²) in [6.45, 7) is 4.04. The quantitative estimate of drug-likeness (QED) is 0.918. The van der Waals surface area contributed by atoms with Crippen molar-refractivity contribution >= 4 is 0 Å². The average Bonchev–Trinajstić information content (AvgIpc) is 2.41. The first kappa shape index (κ1) is 13.4. The molecule has 19 heavy (non-hydrogen) atoms. The molecule has 0 spiro atoms. The van der Waals surface area contributed by atoms with E-state index in [9.17, 15) is 4.39 Å². The van der Waals surface area contributed by atoms with Crippen molar-refractivity contribution in [3.8, 4) is 17.0 Å². The first-order chi connectivity index (χ1) is 9.10. The standard InChI is InChI=1S/C14H16FN3O/c1-9(2)19-14-6-3-10(7-12(14)15)13-5-4-11(8-16)17-18-13/h3-7,9H,8,16H2,1-2H3. The lowest BCUT2D eigenvalue weighted by atomic mass is 10.1. The number of nitrogens with zero attached hydrogens (tertiary/aromatic N) is 2. The van der Waals surface area contributed by atoms with E-state index in [1.54, 1.807) is 24.3 Å². The van der Waals surface area contributed by atoms with Crippen molar-refractivity contribution < 1.29 is 9.13 Å². The molecule has 0 atom stereocenters. The van der Waals surface area contributed by atoms with Crippen molar-refractivity contribution in [3.63, 3.8) is 0 Å². The second-order valence-electron chi connectivity index (χ2n) is 4.43. The summed E-state index contributed by atoms with van der Waals surface area (Å²) in [5.41, 5.74) is 7.41. The highest BCUT2D eigenvalue weighted by Crippen LogP contribution is 2.24. The van der Waals surface area contributed by atoms with Crippen LogP contribution in [0.15, 0.2) is 30.3 Å².